The molecule has 1 aliphatic heterocycles. The first-order valence-electron chi connectivity index (χ1n) is 8.37. The van der Waals surface area contributed by atoms with E-state index in [2.05, 4.69) is 15.6 Å². The van der Waals surface area contributed by atoms with Gasteiger partial charge < -0.3 is 10.2 Å². The van der Waals surface area contributed by atoms with Crippen LogP contribution in [-0.4, -0.2) is 24.0 Å². The first-order chi connectivity index (χ1) is 11.3. The molecule has 0 unspecified atom stereocenters. The summed E-state index contributed by atoms with van der Waals surface area (Å²) in [5.74, 6) is 0.0706. The molecule has 2 heterocycles. The highest BCUT2D eigenvalue weighted by molar-refractivity contribution is 7.14. The molecule has 1 N–H and O–H groups in total. The summed E-state index contributed by atoms with van der Waals surface area (Å²) in [5, 5.41) is 6.16. The van der Waals surface area contributed by atoms with Crippen LogP contribution in [0.1, 0.15) is 39.0 Å². The van der Waals surface area contributed by atoms with Gasteiger partial charge in [0.05, 0.1) is 5.69 Å². The summed E-state index contributed by atoms with van der Waals surface area (Å²) < 4.78 is 0. The molecule has 122 valence electrons. The summed E-state index contributed by atoms with van der Waals surface area (Å²) in [7, 11) is 0. The summed E-state index contributed by atoms with van der Waals surface area (Å²) in [5.41, 5.74) is 2.96. The maximum absolute atomic E-state index is 11.6. The van der Waals surface area contributed by atoms with Crippen molar-refractivity contribution < 1.29 is 4.79 Å². The lowest BCUT2D eigenvalue weighted by Crippen LogP contribution is -2.29. The third-order valence-corrected chi connectivity index (χ3v) is 4.96. The fourth-order valence-electron chi connectivity index (χ4n) is 2.80. The minimum Gasteiger partial charge on any atom is -0.348 e. The molecule has 0 aliphatic carbocycles. The Morgan fingerprint density at radius 1 is 1.22 bits per heavy atom. The molecular weight excluding hydrogens is 306 g/mol. The molecule has 3 rings (SSSR count). The standard InChI is InChI=1S/C18H23N3OS/c1-2-6-17(22)19-15-9-7-14(8-10-15)16-13-23-18(20-16)21-11-4-3-5-12-21/h7-10,13H,2-6,11-12H2,1H3,(H,19,22). The number of rotatable bonds is 5. The maximum Gasteiger partial charge on any atom is 0.224 e. The van der Waals surface area contributed by atoms with Crippen molar-refractivity contribution in [1.29, 1.82) is 0 Å². The molecule has 1 fully saturated rings. The van der Waals surface area contributed by atoms with Crippen LogP contribution >= 0.6 is 11.3 Å². The van der Waals surface area contributed by atoms with Gasteiger partial charge in [-0.1, -0.05) is 19.1 Å². The van der Waals surface area contributed by atoms with Crippen LogP contribution in [0.4, 0.5) is 10.8 Å². The van der Waals surface area contributed by atoms with Crippen LogP contribution in [-0.2, 0) is 4.79 Å². The highest BCUT2D eigenvalue weighted by Gasteiger charge is 2.14. The molecule has 1 aromatic heterocycles. The normalized spacial score (nSPS) is 14.7. The predicted molar refractivity (Wildman–Crippen MR) is 97.2 cm³/mol. The first-order valence-corrected chi connectivity index (χ1v) is 9.25. The van der Waals surface area contributed by atoms with Crippen molar-refractivity contribution in [2.45, 2.75) is 39.0 Å². The van der Waals surface area contributed by atoms with Crippen LogP contribution in [0.15, 0.2) is 29.6 Å². The van der Waals surface area contributed by atoms with Gasteiger partial charge in [-0.3, -0.25) is 4.79 Å². The zero-order valence-corrected chi connectivity index (χ0v) is 14.4. The molecule has 0 saturated carbocycles. The van der Waals surface area contributed by atoms with Gasteiger partial charge in [-0.15, -0.1) is 11.3 Å². The maximum atomic E-state index is 11.6. The summed E-state index contributed by atoms with van der Waals surface area (Å²) in [4.78, 5) is 18.8. The number of aromatic nitrogens is 1. The van der Waals surface area contributed by atoms with E-state index >= 15 is 0 Å². The monoisotopic (exact) mass is 329 g/mol. The molecule has 23 heavy (non-hydrogen) atoms. The van der Waals surface area contributed by atoms with Gasteiger partial charge in [0.25, 0.3) is 0 Å². The zero-order chi connectivity index (χ0) is 16.1. The number of piperidine rings is 1. The van der Waals surface area contributed by atoms with Crippen LogP contribution in [0.5, 0.6) is 0 Å². The number of carbonyl (C=O) groups excluding carboxylic acids is 1. The molecule has 0 bridgehead atoms. The van der Waals surface area contributed by atoms with Crippen molar-refractivity contribution in [3.8, 4) is 11.3 Å². The van der Waals surface area contributed by atoms with Crippen LogP contribution in [0.2, 0.25) is 0 Å². The topological polar surface area (TPSA) is 45.2 Å². The molecule has 2 aromatic rings. The van der Waals surface area contributed by atoms with E-state index in [-0.39, 0.29) is 5.91 Å². The van der Waals surface area contributed by atoms with Crippen molar-refractivity contribution in [3.05, 3.63) is 29.6 Å². The number of hydrogen-bond acceptors (Lipinski definition) is 4. The van der Waals surface area contributed by atoms with E-state index in [4.69, 9.17) is 4.98 Å². The molecular formula is C18H23N3OS. The second kappa shape index (κ2) is 7.59. The SMILES string of the molecule is CCCC(=O)Nc1ccc(-c2csc(N3CCCCC3)n2)cc1. The average molecular weight is 329 g/mol. The Labute approximate surface area is 141 Å². The Morgan fingerprint density at radius 2 is 1.96 bits per heavy atom. The van der Waals surface area contributed by atoms with E-state index in [0.717, 1.165) is 41.6 Å². The molecule has 1 aliphatic rings. The van der Waals surface area contributed by atoms with Gasteiger partial charge >= 0.3 is 0 Å². The lowest BCUT2D eigenvalue weighted by molar-refractivity contribution is -0.116. The van der Waals surface area contributed by atoms with Gasteiger partial charge in [0, 0.05) is 36.1 Å². The number of benzene rings is 1. The summed E-state index contributed by atoms with van der Waals surface area (Å²) >= 11 is 1.72. The number of nitrogens with zero attached hydrogens (tertiary/aromatic N) is 2. The Morgan fingerprint density at radius 3 is 2.65 bits per heavy atom. The van der Waals surface area contributed by atoms with E-state index in [1.807, 2.05) is 31.2 Å². The van der Waals surface area contributed by atoms with Gasteiger partial charge in [-0.2, -0.15) is 0 Å². The van der Waals surface area contributed by atoms with Crippen LogP contribution in [0.25, 0.3) is 11.3 Å². The summed E-state index contributed by atoms with van der Waals surface area (Å²) in [6, 6.07) is 7.94. The van der Waals surface area contributed by atoms with Gasteiger partial charge in [0.15, 0.2) is 5.13 Å². The van der Waals surface area contributed by atoms with Crippen LogP contribution in [0.3, 0.4) is 0 Å². The van der Waals surface area contributed by atoms with E-state index in [1.165, 1.54) is 19.3 Å². The highest BCUT2D eigenvalue weighted by Crippen LogP contribution is 2.29. The van der Waals surface area contributed by atoms with Gasteiger partial charge in [-0.25, -0.2) is 4.98 Å². The van der Waals surface area contributed by atoms with Crippen molar-refractivity contribution in [1.82, 2.24) is 4.98 Å². The second-order valence-corrected chi connectivity index (χ2v) is 6.78. The van der Waals surface area contributed by atoms with Gasteiger partial charge in [-0.05, 0) is 37.8 Å². The van der Waals surface area contributed by atoms with Crippen molar-refractivity contribution in [2.24, 2.45) is 0 Å². The Bertz CT molecular complexity index is 645. The fourth-order valence-corrected chi connectivity index (χ4v) is 3.69. The van der Waals surface area contributed by atoms with Crippen molar-refractivity contribution in [3.63, 3.8) is 0 Å². The number of amides is 1. The van der Waals surface area contributed by atoms with Gasteiger partial charge in [0.1, 0.15) is 0 Å². The van der Waals surface area contributed by atoms with E-state index in [0.29, 0.717) is 6.42 Å². The predicted octanol–water partition coefficient (Wildman–Crippen LogP) is 4.54. The third-order valence-electron chi connectivity index (χ3n) is 4.06. The Hall–Kier alpha value is -1.88. The summed E-state index contributed by atoms with van der Waals surface area (Å²) in [6.45, 7) is 4.25. The van der Waals surface area contributed by atoms with Gasteiger partial charge in [0.2, 0.25) is 5.91 Å². The van der Waals surface area contributed by atoms with Crippen molar-refractivity contribution >= 4 is 28.1 Å². The molecule has 5 heteroatoms. The number of anilines is 2. The van der Waals surface area contributed by atoms with E-state index in [1.54, 1.807) is 11.3 Å². The average Bonchev–Trinajstić information content (AvgIpc) is 3.07. The molecule has 0 atom stereocenters. The minimum absolute atomic E-state index is 0.0706. The molecule has 4 nitrogen and oxygen atoms in total. The fraction of sp³-hybridized carbons (Fsp3) is 0.444. The van der Waals surface area contributed by atoms with E-state index in [9.17, 15) is 4.79 Å². The second-order valence-electron chi connectivity index (χ2n) is 5.94. The third kappa shape index (κ3) is 4.10. The molecule has 1 amide bonds. The number of hydrogen-bond donors (Lipinski definition) is 1. The van der Waals surface area contributed by atoms with Crippen molar-refractivity contribution in [2.75, 3.05) is 23.3 Å². The molecule has 0 radical (unpaired) electrons. The van der Waals surface area contributed by atoms with Crippen LogP contribution < -0.4 is 10.2 Å². The highest BCUT2D eigenvalue weighted by atomic mass is 32.1. The lowest BCUT2D eigenvalue weighted by atomic mass is 10.1. The molecule has 1 aromatic carbocycles. The quantitative estimate of drug-likeness (QED) is 0.876. The zero-order valence-electron chi connectivity index (χ0n) is 13.5. The largest absolute Gasteiger partial charge is 0.348 e. The molecule has 1 saturated heterocycles. The Kier molecular flexibility index (Phi) is 5.28. The van der Waals surface area contributed by atoms with Crippen LogP contribution in [0, 0.1) is 0 Å². The first kappa shape index (κ1) is 16.0. The Balaban J connectivity index is 1.67. The summed E-state index contributed by atoms with van der Waals surface area (Å²) in [6.07, 6.45) is 5.29. The molecule has 0 spiro atoms. The smallest absolute Gasteiger partial charge is 0.224 e. The van der Waals surface area contributed by atoms with E-state index < -0.39 is 0 Å². The number of thiazole rings is 1. The number of nitrogens with one attached hydrogen (secondary N) is 1. The number of carbonyl (C=O) groups is 1. The lowest BCUT2D eigenvalue weighted by Gasteiger charge is -2.25. The minimum atomic E-state index is 0.0706.